The van der Waals surface area contributed by atoms with Crippen LogP contribution in [0.2, 0.25) is 0 Å². The van der Waals surface area contributed by atoms with Crippen LogP contribution in [-0.2, 0) is 11.2 Å². The number of amides is 1. The van der Waals surface area contributed by atoms with Gasteiger partial charge >= 0.3 is 0 Å². The van der Waals surface area contributed by atoms with Gasteiger partial charge in [-0.1, -0.05) is 19.1 Å². The van der Waals surface area contributed by atoms with Gasteiger partial charge in [0.15, 0.2) is 6.10 Å². The summed E-state index contributed by atoms with van der Waals surface area (Å²) in [5.74, 6) is 0.878. The summed E-state index contributed by atoms with van der Waals surface area (Å²) in [6.07, 6.45) is 1.68. The lowest BCUT2D eigenvalue weighted by Crippen LogP contribution is -2.38. The van der Waals surface area contributed by atoms with E-state index in [2.05, 4.69) is 5.32 Å². The van der Waals surface area contributed by atoms with Gasteiger partial charge in [0.1, 0.15) is 17.3 Å². The molecule has 2 aromatic rings. The Kier molecular flexibility index (Phi) is 7.93. The molecular formula is C21H26FNO3. The van der Waals surface area contributed by atoms with E-state index >= 15 is 0 Å². The second-order valence-electron chi connectivity index (χ2n) is 5.94. The minimum Gasteiger partial charge on any atom is -0.494 e. The van der Waals surface area contributed by atoms with Gasteiger partial charge in [0.05, 0.1) is 6.61 Å². The lowest BCUT2D eigenvalue weighted by atomic mass is 10.1. The molecule has 0 saturated carbocycles. The molecule has 0 aliphatic carbocycles. The van der Waals surface area contributed by atoms with Crippen LogP contribution in [-0.4, -0.2) is 25.2 Å². The Morgan fingerprint density at radius 1 is 1.04 bits per heavy atom. The van der Waals surface area contributed by atoms with E-state index in [1.165, 1.54) is 29.8 Å². The van der Waals surface area contributed by atoms with Crippen LogP contribution in [0.4, 0.5) is 4.39 Å². The number of benzene rings is 2. The van der Waals surface area contributed by atoms with Crippen LogP contribution in [0.3, 0.4) is 0 Å². The molecule has 5 heteroatoms. The maximum absolute atomic E-state index is 12.9. The number of nitrogens with one attached hydrogen (secondary N) is 1. The normalized spacial score (nSPS) is 11.7. The molecule has 0 unspecified atom stereocenters. The third-order valence-corrected chi connectivity index (χ3v) is 3.93. The fourth-order valence-corrected chi connectivity index (χ4v) is 2.54. The SMILES string of the molecule is CCOc1ccc(CCCNC(=O)[C@H](CC)Oc2ccc(F)cc2)cc1. The van der Waals surface area contributed by atoms with Gasteiger partial charge in [-0.2, -0.15) is 0 Å². The van der Waals surface area contributed by atoms with E-state index in [-0.39, 0.29) is 11.7 Å². The van der Waals surface area contributed by atoms with Gasteiger partial charge in [-0.15, -0.1) is 0 Å². The van der Waals surface area contributed by atoms with E-state index in [0.717, 1.165) is 18.6 Å². The number of aryl methyl sites for hydroxylation is 1. The molecule has 0 bridgehead atoms. The summed E-state index contributed by atoms with van der Waals surface area (Å²) in [5.41, 5.74) is 1.21. The highest BCUT2D eigenvalue weighted by molar-refractivity contribution is 5.81. The predicted octanol–water partition coefficient (Wildman–Crippen LogP) is 4.13. The first-order valence-electron chi connectivity index (χ1n) is 9.04. The van der Waals surface area contributed by atoms with Crippen molar-refractivity contribution in [1.82, 2.24) is 5.32 Å². The minimum atomic E-state index is -0.578. The number of halogens is 1. The highest BCUT2D eigenvalue weighted by Gasteiger charge is 2.17. The van der Waals surface area contributed by atoms with Gasteiger partial charge in [0.2, 0.25) is 0 Å². The van der Waals surface area contributed by atoms with Crippen molar-refractivity contribution < 1.29 is 18.7 Å². The second-order valence-corrected chi connectivity index (χ2v) is 5.94. The third-order valence-electron chi connectivity index (χ3n) is 3.93. The molecule has 0 aromatic heterocycles. The van der Waals surface area contributed by atoms with E-state index in [1.54, 1.807) is 0 Å². The summed E-state index contributed by atoms with van der Waals surface area (Å²) in [4.78, 5) is 12.2. The van der Waals surface area contributed by atoms with Gasteiger partial charge in [-0.3, -0.25) is 4.79 Å². The molecule has 0 heterocycles. The number of hydrogen-bond donors (Lipinski definition) is 1. The molecule has 0 radical (unpaired) electrons. The van der Waals surface area contributed by atoms with E-state index < -0.39 is 6.10 Å². The molecule has 0 aliphatic rings. The zero-order valence-electron chi connectivity index (χ0n) is 15.3. The van der Waals surface area contributed by atoms with E-state index in [4.69, 9.17) is 9.47 Å². The van der Waals surface area contributed by atoms with E-state index in [1.807, 2.05) is 38.1 Å². The number of carbonyl (C=O) groups is 1. The van der Waals surface area contributed by atoms with E-state index in [9.17, 15) is 9.18 Å². The van der Waals surface area contributed by atoms with Gasteiger partial charge in [-0.25, -0.2) is 4.39 Å². The number of carbonyl (C=O) groups excluding carboxylic acids is 1. The summed E-state index contributed by atoms with van der Waals surface area (Å²) in [7, 11) is 0. The van der Waals surface area contributed by atoms with Crippen molar-refractivity contribution in [3.8, 4) is 11.5 Å². The molecule has 1 N–H and O–H groups in total. The molecule has 4 nitrogen and oxygen atoms in total. The molecule has 2 aromatic carbocycles. The lowest BCUT2D eigenvalue weighted by molar-refractivity contribution is -0.128. The first kappa shape index (κ1) is 19.8. The largest absolute Gasteiger partial charge is 0.494 e. The molecular weight excluding hydrogens is 333 g/mol. The number of hydrogen-bond acceptors (Lipinski definition) is 3. The monoisotopic (exact) mass is 359 g/mol. The zero-order chi connectivity index (χ0) is 18.8. The molecule has 140 valence electrons. The summed E-state index contributed by atoms with van der Waals surface area (Å²) in [5, 5.41) is 2.90. The van der Waals surface area contributed by atoms with Crippen LogP contribution >= 0.6 is 0 Å². The van der Waals surface area contributed by atoms with Crippen molar-refractivity contribution in [2.24, 2.45) is 0 Å². The van der Waals surface area contributed by atoms with Gasteiger partial charge < -0.3 is 14.8 Å². The van der Waals surface area contributed by atoms with Crippen molar-refractivity contribution in [3.05, 3.63) is 59.9 Å². The quantitative estimate of drug-likeness (QED) is 0.649. The Morgan fingerprint density at radius 3 is 2.31 bits per heavy atom. The fraction of sp³-hybridized carbons (Fsp3) is 0.381. The van der Waals surface area contributed by atoms with Crippen LogP contribution < -0.4 is 14.8 Å². The molecule has 0 fully saturated rings. The highest BCUT2D eigenvalue weighted by Crippen LogP contribution is 2.15. The molecule has 1 atom stereocenters. The van der Waals surface area contributed by atoms with Gasteiger partial charge in [0.25, 0.3) is 5.91 Å². The summed E-state index contributed by atoms with van der Waals surface area (Å²) in [6.45, 7) is 5.08. The number of ether oxygens (including phenoxy) is 2. The van der Waals surface area contributed by atoms with Crippen molar-refractivity contribution in [2.75, 3.05) is 13.2 Å². The van der Waals surface area contributed by atoms with Crippen molar-refractivity contribution in [2.45, 2.75) is 39.2 Å². The minimum absolute atomic E-state index is 0.150. The van der Waals surface area contributed by atoms with Crippen LogP contribution in [0, 0.1) is 5.82 Å². The molecule has 26 heavy (non-hydrogen) atoms. The van der Waals surface area contributed by atoms with Gasteiger partial charge in [0, 0.05) is 6.54 Å². The Labute approximate surface area is 154 Å². The number of rotatable bonds is 10. The summed E-state index contributed by atoms with van der Waals surface area (Å²) in [6, 6.07) is 13.7. The van der Waals surface area contributed by atoms with E-state index in [0.29, 0.717) is 25.3 Å². The van der Waals surface area contributed by atoms with Crippen LogP contribution in [0.1, 0.15) is 32.3 Å². The summed E-state index contributed by atoms with van der Waals surface area (Å²) >= 11 is 0. The maximum atomic E-state index is 12.9. The van der Waals surface area contributed by atoms with Crippen molar-refractivity contribution in [1.29, 1.82) is 0 Å². The first-order valence-corrected chi connectivity index (χ1v) is 9.04. The topological polar surface area (TPSA) is 47.6 Å². The fourth-order valence-electron chi connectivity index (χ4n) is 2.54. The zero-order valence-corrected chi connectivity index (χ0v) is 15.3. The average Bonchev–Trinajstić information content (AvgIpc) is 2.66. The van der Waals surface area contributed by atoms with Crippen molar-refractivity contribution >= 4 is 5.91 Å². The van der Waals surface area contributed by atoms with Crippen molar-refractivity contribution in [3.63, 3.8) is 0 Å². The molecule has 1 amide bonds. The Balaban J connectivity index is 1.73. The molecule has 2 rings (SSSR count). The third kappa shape index (κ3) is 6.39. The maximum Gasteiger partial charge on any atom is 0.261 e. The second kappa shape index (κ2) is 10.4. The smallest absolute Gasteiger partial charge is 0.261 e. The summed E-state index contributed by atoms with van der Waals surface area (Å²) < 4.78 is 24.0. The lowest BCUT2D eigenvalue weighted by Gasteiger charge is -2.17. The van der Waals surface area contributed by atoms with Crippen LogP contribution in [0.25, 0.3) is 0 Å². The molecule has 0 saturated heterocycles. The Morgan fingerprint density at radius 2 is 1.69 bits per heavy atom. The first-order chi connectivity index (χ1) is 12.6. The highest BCUT2D eigenvalue weighted by atomic mass is 19.1. The van der Waals surface area contributed by atoms with Crippen LogP contribution in [0.15, 0.2) is 48.5 Å². The standard InChI is InChI=1S/C21H26FNO3/c1-3-20(26-19-13-9-17(22)10-14-19)21(24)23-15-5-6-16-7-11-18(12-8-16)25-4-2/h7-14,20H,3-6,15H2,1-2H3,(H,23,24)/t20-/m0/s1. The van der Waals surface area contributed by atoms with Crippen LogP contribution in [0.5, 0.6) is 11.5 Å². The predicted molar refractivity (Wildman–Crippen MR) is 100 cm³/mol. The Bertz CT molecular complexity index is 671. The van der Waals surface area contributed by atoms with Gasteiger partial charge in [-0.05, 0) is 68.1 Å². The molecule has 0 aliphatic heterocycles. The average molecular weight is 359 g/mol. The Hall–Kier alpha value is -2.56. The molecule has 0 spiro atoms.